The summed E-state index contributed by atoms with van der Waals surface area (Å²) in [4.78, 5) is 25.4. The van der Waals surface area contributed by atoms with Gasteiger partial charge in [0.15, 0.2) is 11.6 Å². The van der Waals surface area contributed by atoms with Gasteiger partial charge < -0.3 is 10.3 Å². The lowest BCUT2D eigenvalue weighted by molar-refractivity contribution is 0.0959. The van der Waals surface area contributed by atoms with Crippen molar-refractivity contribution in [3.8, 4) is 11.3 Å². The van der Waals surface area contributed by atoms with E-state index in [1.165, 1.54) is 0 Å². The molecule has 2 N–H and O–H groups in total. The van der Waals surface area contributed by atoms with E-state index in [2.05, 4.69) is 18.4 Å². The van der Waals surface area contributed by atoms with Crippen molar-refractivity contribution in [1.29, 1.82) is 0 Å². The number of anilines is 1. The van der Waals surface area contributed by atoms with Crippen molar-refractivity contribution in [2.75, 3.05) is 5.73 Å². The Morgan fingerprint density at radius 2 is 1.86 bits per heavy atom. The van der Waals surface area contributed by atoms with Gasteiger partial charge in [-0.3, -0.25) is 9.59 Å². The van der Waals surface area contributed by atoms with Crippen LogP contribution in [0, 0.1) is 0 Å². The summed E-state index contributed by atoms with van der Waals surface area (Å²) in [5.74, 6) is 0.00521. The molecule has 4 rings (SSSR count). The lowest BCUT2D eigenvalue weighted by Gasteiger charge is -2.20. The summed E-state index contributed by atoms with van der Waals surface area (Å²) in [6.45, 7) is 4.18. The third-order valence-electron chi connectivity index (χ3n) is 4.73. The van der Waals surface area contributed by atoms with Gasteiger partial charge in [0.1, 0.15) is 0 Å². The number of carbonyl (C=O) groups is 2. The van der Waals surface area contributed by atoms with E-state index in [0.29, 0.717) is 28.8 Å². The maximum absolute atomic E-state index is 12.9. The first kappa shape index (κ1) is 13.3. The third-order valence-corrected chi connectivity index (χ3v) is 4.73. The lowest BCUT2D eigenvalue weighted by Crippen LogP contribution is -2.17. The Balaban J connectivity index is 2.15. The number of benzene rings is 1. The largest absolute Gasteiger partial charge is 0.398 e. The molecule has 0 saturated carbocycles. The fourth-order valence-electron chi connectivity index (χ4n) is 3.93. The molecular weight excluding hydrogens is 276 g/mol. The summed E-state index contributed by atoms with van der Waals surface area (Å²) < 4.78 is 2.17. The van der Waals surface area contributed by atoms with E-state index in [1.54, 1.807) is 6.07 Å². The van der Waals surface area contributed by atoms with Crippen LogP contribution in [0.25, 0.3) is 11.3 Å². The molecule has 1 heterocycles. The van der Waals surface area contributed by atoms with Crippen LogP contribution < -0.4 is 5.73 Å². The van der Waals surface area contributed by atoms with Crippen LogP contribution in [-0.2, 0) is 6.42 Å². The molecule has 2 aliphatic rings. The topological polar surface area (TPSA) is 65.1 Å². The standard InChI is InChI=1S/C18H18N2O2/c1-9(2)20-12-7-4-8-13(21)15(12)16-17(20)10-5-3-6-11(19)14(10)18(16)22/h3,5-6,9H,4,7-8,19H2,1-2H3. The van der Waals surface area contributed by atoms with Crippen LogP contribution in [0.15, 0.2) is 18.2 Å². The molecule has 4 heteroatoms. The number of carbonyl (C=O) groups excluding carboxylic acids is 2. The zero-order valence-corrected chi connectivity index (χ0v) is 12.8. The predicted octanol–water partition coefficient (Wildman–Crippen LogP) is 3.38. The number of rotatable bonds is 1. The van der Waals surface area contributed by atoms with E-state index < -0.39 is 0 Å². The van der Waals surface area contributed by atoms with E-state index in [0.717, 1.165) is 29.8 Å². The smallest absolute Gasteiger partial charge is 0.198 e. The lowest BCUT2D eigenvalue weighted by atomic mass is 9.92. The second-order valence-corrected chi connectivity index (χ2v) is 6.38. The number of nitrogen functional groups attached to an aromatic ring is 1. The molecule has 0 fully saturated rings. The molecule has 4 nitrogen and oxygen atoms in total. The van der Waals surface area contributed by atoms with Gasteiger partial charge in [-0.2, -0.15) is 0 Å². The van der Waals surface area contributed by atoms with Crippen molar-refractivity contribution in [3.63, 3.8) is 0 Å². The van der Waals surface area contributed by atoms with Gasteiger partial charge in [0.2, 0.25) is 0 Å². The average Bonchev–Trinajstić information content (AvgIpc) is 2.95. The predicted molar refractivity (Wildman–Crippen MR) is 85.4 cm³/mol. The van der Waals surface area contributed by atoms with Crippen LogP contribution in [0.4, 0.5) is 5.69 Å². The first-order valence-corrected chi connectivity index (χ1v) is 7.76. The molecule has 1 aromatic heterocycles. The second kappa shape index (κ2) is 4.32. The fraction of sp³-hybridized carbons (Fsp3) is 0.333. The fourth-order valence-corrected chi connectivity index (χ4v) is 3.93. The van der Waals surface area contributed by atoms with E-state index >= 15 is 0 Å². The number of hydrogen-bond acceptors (Lipinski definition) is 3. The highest BCUT2D eigenvalue weighted by Gasteiger charge is 2.40. The molecule has 0 amide bonds. The van der Waals surface area contributed by atoms with Crippen molar-refractivity contribution in [3.05, 3.63) is 40.6 Å². The number of ketones is 2. The Hall–Kier alpha value is -2.36. The van der Waals surface area contributed by atoms with Crippen LogP contribution in [0.1, 0.15) is 64.7 Å². The second-order valence-electron chi connectivity index (χ2n) is 6.38. The molecule has 2 aromatic rings. The molecule has 2 aliphatic carbocycles. The summed E-state index contributed by atoms with van der Waals surface area (Å²) in [7, 11) is 0. The van der Waals surface area contributed by atoms with E-state index in [1.807, 2.05) is 12.1 Å². The molecular formula is C18H18N2O2. The quantitative estimate of drug-likeness (QED) is 0.700. The molecule has 0 radical (unpaired) electrons. The highest BCUT2D eigenvalue weighted by molar-refractivity contribution is 6.28. The minimum atomic E-state index is -0.0889. The van der Waals surface area contributed by atoms with E-state index in [-0.39, 0.29) is 17.6 Å². The van der Waals surface area contributed by atoms with Gasteiger partial charge in [-0.25, -0.2) is 0 Å². The Bertz CT molecular complexity index is 843. The Morgan fingerprint density at radius 1 is 1.09 bits per heavy atom. The van der Waals surface area contributed by atoms with Gasteiger partial charge in [-0.1, -0.05) is 12.1 Å². The van der Waals surface area contributed by atoms with Crippen molar-refractivity contribution in [1.82, 2.24) is 4.57 Å². The molecule has 0 aliphatic heterocycles. The van der Waals surface area contributed by atoms with Gasteiger partial charge in [-0.05, 0) is 32.8 Å². The first-order valence-electron chi connectivity index (χ1n) is 7.76. The van der Waals surface area contributed by atoms with Crippen molar-refractivity contribution >= 4 is 17.3 Å². The number of Topliss-reactive ketones (excluding diaryl/α,β-unsaturated/α-hetero) is 1. The third kappa shape index (κ3) is 1.47. The summed E-state index contributed by atoms with van der Waals surface area (Å²) in [6, 6.07) is 5.75. The number of hydrogen-bond donors (Lipinski definition) is 1. The minimum Gasteiger partial charge on any atom is -0.398 e. The van der Waals surface area contributed by atoms with Gasteiger partial charge in [-0.15, -0.1) is 0 Å². The van der Waals surface area contributed by atoms with Gasteiger partial charge in [0.25, 0.3) is 0 Å². The molecule has 0 spiro atoms. The summed E-state index contributed by atoms with van der Waals surface area (Å²) >= 11 is 0. The molecule has 0 unspecified atom stereocenters. The number of fused-ring (bicyclic) bond motifs is 5. The van der Waals surface area contributed by atoms with Gasteiger partial charge in [0.05, 0.1) is 22.4 Å². The normalized spacial score (nSPS) is 16.0. The molecule has 0 atom stereocenters. The maximum Gasteiger partial charge on any atom is 0.198 e. The Kier molecular flexibility index (Phi) is 2.61. The van der Waals surface area contributed by atoms with E-state index in [4.69, 9.17) is 5.73 Å². The zero-order chi connectivity index (χ0) is 15.6. The van der Waals surface area contributed by atoms with Crippen LogP contribution in [0.3, 0.4) is 0 Å². The minimum absolute atomic E-state index is 0.0889. The first-order chi connectivity index (χ1) is 10.5. The average molecular weight is 294 g/mol. The molecule has 1 aromatic carbocycles. The van der Waals surface area contributed by atoms with Gasteiger partial charge >= 0.3 is 0 Å². The monoisotopic (exact) mass is 294 g/mol. The van der Waals surface area contributed by atoms with Crippen LogP contribution in [-0.4, -0.2) is 16.1 Å². The molecule has 112 valence electrons. The number of nitrogens with two attached hydrogens (primary N) is 1. The SMILES string of the molecule is CC(C)n1c2c(c3c1-c1cccc(N)c1C3=O)C(=O)CCC2. The summed E-state index contributed by atoms with van der Waals surface area (Å²) in [5.41, 5.74) is 11.1. The van der Waals surface area contributed by atoms with Crippen LogP contribution in [0.2, 0.25) is 0 Å². The summed E-state index contributed by atoms with van der Waals surface area (Å²) in [6.07, 6.45) is 2.25. The Labute approximate surface area is 128 Å². The molecule has 0 bridgehead atoms. The number of nitrogens with zero attached hydrogens (tertiary/aromatic N) is 1. The maximum atomic E-state index is 12.9. The van der Waals surface area contributed by atoms with Crippen molar-refractivity contribution < 1.29 is 9.59 Å². The highest BCUT2D eigenvalue weighted by atomic mass is 16.1. The number of aromatic nitrogens is 1. The van der Waals surface area contributed by atoms with Crippen LogP contribution >= 0.6 is 0 Å². The van der Waals surface area contributed by atoms with E-state index in [9.17, 15) is 9.59 Å². The summed E-state index contributed by atoms with van der Waals surface area (Å²) in [5, 5.41) is 0. The Morgan fingerprint density at radius 3 is 2.59 bits per heavy atom. The van der Waals surface area contributed by atoms with Crippen LogP contribution in [0.5, 0.6) is 0 Å². The van der Waals surface area contributed by atoms with Crippen molar-refractivity contribution in [2.24, 2.45) is 0 Å². The van der Waals surface area contributed by atoms with Crippen molar-refractivity contribution in [2.45, 2.75) is 39.2 Å². The van der Waals surface area contributed by atoms with Gasteiger partial charge in [0, 0.05) is 29.4 Å². The molecule has 22 heavy (non-hydrogen) atoms. The molecule has 0 saturated heterocycles. The zero-order valence-electron chi connectivity index (χ0n) is 12.8. The highest BCUT2D eigenvalue weighted by Crippen LogP contribution is 2.46.